The first-order valence-corrected chi connectivity index (χ1v) is 7.64. The lowest BCUT2D eigenvalue weighted by Crippen LogP contribution is -2.28. The van der Waals surface area contributed by atoms with E-state index in [1.807, 2.05) is 6.07 Å². The highest BCUT2D eigenvalue weighted by Crippen LogP contribution is 2.24. The predicted molar refractivity (Wildman–Crippen MR) is 86.2 cm³/mol. The SMILES string of the molecule is C[C@H](OC(=O)c1cccc(N2C(=O)CCC2=O)c1)c1ccccn1. The number of hydrogen-bond donors (Lipinski definition) is 0. The monoisotopic (exact) mass is 324 g/mol. The molecule has 3 rings (SSSR count). The molecule has 6 nitrogen and oxygen atoms in total. The Hall–Kier alpha value is -3.02. The maximum Gasteiger partial charge on any atom is 0.338 e. The van der Waals surface area contributed by atoms with Gasteiger partial charge in [0.15, 0.2) is 0 Å². The summed E-state index contributed by atoms with van der Waals surface area (Å²) in [6.45, 7) is 1.73. The van der Waals surface area contributed by atoms with E-state index >= 15 is 0 Å². The number of benzene rings is 1. The molecule has 1 aliphatic heterocycles. The Morgan fingerprint density at radius 3 is 2.54 bits per heavy atom. The topological polar surface area (TPSA) is 76.6 Å². The van der Waals surface area contributed by atoms with Gasteiger partial charge in [-0.3, -0.25) is 19.5 Å². The van der Waals surface area contributed by atoms with Crippen LogP contribution in [0.2, 0.25) is 0 Å². The first-order chi connectivity index (χ1) is 11.6. The van der Waals surface area contributed by atoms with Crippen molar-refractivity contribution in [2.45, 2.75) is 25.9 Å². The predicted octanol–water partition coefficient (Wildman–Crippen LogP) is 2.65. The summed E-state index contributed by atoms with van der Waals surface area (Å²) in [7, 11) is 0. The fraction of sp³-hybridized carbons (Fsp3) is 0.222. The van der Waals surface area contributed by atoms with Crippen molar-refractivity contribution in [3.05, 3.63) is 59.9 Å². The Kier molecular flexibility index (Phi) is 4.37. The minimum atomic E-state index is -0.533. The molecular weight excluding hydrogens is 308 g/mol. The molecule has 1 atom stereocenters. The van der Waals surface area contributed by atoms with Gasteiger partial charge in [0.05, 0.1) is 16.9 Å². The van der Waals surface area contributed by atoms with E-state index in [1.54, 1.807) is 43.5 Å². The minimum absolute atomic E-state index is 0.199. The molecule has 24 heavy (non-hydrogen) atoms. The third kappa shape index (κ3) is 3.17. The molecule has 0 N–H and O–H groups in total. The van der Waals surface area contributed by atoms with Gasteiger partial charge < -0.3 is 4.74 Å². The van der Waals surface area contributed by atoms with Gasteiger partial charge >= 0.3 is 5.97 Å². The average Bonchev–Trinajstić information content (AvgIpc) is 2.94. The van der Waals surface area contributed by atoms with Crippen LogP contribution in [0.4, 0.5) is 5.69 Å². The Balaban J connectivity index is 1.77. The van der Waals surface area contributed by atoms with Gasteiger partial charge in [0, 0.05) is 19.0 Å². The number of nitrogens with zero attached hydrogens (tertiary/aromatic N) is 2. The molecule has 0 unspecified atom stereocenters. The summed E-state index contributed by atoms with van der Waals surface area (Å²) in [6.07, 6.45) is 1.52. The van der Waals surface area contributed by atoms with Gasteiger partial charge in [-0.05, 0) is 37.3 Å². The highest BCUT2D eigenvalue weighted by Gasteiger charge is 2.30. The summed E-state index contributed by atoms with van der Waals surface area (Å²) < 4.78 is 5.40. The molecule has 0 bridgehead atoms. The molecule has 1 saturated heterocycles. The number of amides is 2. The van der Waals surface area contributed by atoms with E-state index in [1.165, 1.54) is 6.07 Å². The average molecular weight is 324 g/mol. The van der Waals surface area contributed by atoms with Gasteiger partial charge in [0.25, 0.3) is 0 Å². The zero-order valence-electron chi connectivity index (χ0n) is 13.1. The second-order valence-electron chi connectivity index (χ2n) is 5.48. The van der Waals surface area contributed by atoms with E-state index in [-0.39, 0.29) is 30.2 Å². The van der Waals surface area contributed by atoms with Gasteiger partial charge in [-0.2, -0.15) is 0 Å². The quantitative estimate of drug-likeness (QED) is 0.638. The van der Waals surface area contributed by atoms with Crippen LogP contribution < -0.4 is 4.90 Å². The number of pyridine rings is 1. The van der Waals surface area contributed by atoms with E-state index in [9.17, 15) is 14.4 Å². The van der Waals surface area contributed by atoms with Gasteiger partial charge in [0.1, 0.15) is 6.10 Å². The molecule has 122 valence electrons. The fourth-order valence-electron chi connectivity index (χ4n) is 2.54. The van der Waals surface area contributed by atoms with Gasteiger partial charge in [-0.25, -0.2) is 4.79 Å². The van der Waals surface area contributed by atoms with E-state index in [2.05, 4.69) is 4.98 Å². The summed E-state index contributed by atoms with van der Waals surface area (Å²) in [5.41, 5.74) is 1.32. The van der Waals surface area contributed by atoms with Gasteiger partial charge in [-0.15, -0.1) is 0 Å². The van der Waals surface area contributed by atoms with Gasteiger partial charge in [0.2, 0.25) is 11.8 Å². The molecule has 1 aromatic heterocycles. The van der Waals surface area contributed by atoms with Crippen molar-refractivity contribution in [3.63, 3.8) is 0 Å². The maximum absolute atomic E-state index is 12.3. The lowest BCUT2D eigenvalue weighted by Gasteiger charge is -2.16. The van der Waals surface area contributed by atoms with Gasteiger partial charge in [-0.1, -0.05) is 12.1 Å². The summed E-state index contributed by atoms with van der Waals surface area (Å²) in [5, 5.41) is 0. The van der Waals surface area contributed by atoms with Crippen molar-refractivity contribution < 1.29 is 19.1 Å². The van der Waals surface area contributed by atoms with Crippen LogP contribution in [-0.4, -0.2) is 22.8 Å². The van der Waals surface area contributed by atoms with Crippen molar-refractivity contribution >= 4 is 23.5 Å². The van der Waals surface area contributed by atoms with Crippen molar-refractivity contribution in [3.8, 4) is 0 Å². The molecule has 2 amide bonds. The smallest absolute Gasteiger partial charge is 0.338 e. The first-order valence-electron chi connectivity index (χ1n) is 7.64. The molecule has 1 fully saturated rings. The maximum atomic E-state index is 12.3. The molecular formula is C18H16N2O4. The van der Waals surface area contributed by atoms with Crippen LogP contribution in [0.5, 0.6) is 0 Å². The molecule has 0 aliphatic carbocycles. The highest BCUT2D eigenvalue weighted by molar-refractivity contribution is 6.20. The number of carbonyl (C=O) groups is 3. The number of esters is 1. The van der Waals surface area contributed by atoms with Crippen LogP contribution in [0, 0.1) is 0 Å². The number of rotatable bonds is 4. The molecule has 0 radical (unpaired) electrons. The highest BCUT2D eigenvalue weighted by atomic mass is 16.5. The normalized spacial score (nSPS) is 15.5. The molecule has 0 spiro atoms. The second-order valence-corrected chi connectivity index (χ2v) is 5.48. The van der Waals surface area contributed by atoms with Crippen LogP contribution in [0.25, 0.3) is 0 Å². The van der Waals surface area contributed by atoms with Crippen molar-refractivity contribution in [2.75, 3.05) is 4.90 Å². The standard InChI is InChI=1S/C18H16N2O4/c1-12(15-7-2-3-10-19-15)24-18(23)13-5-4-6-14(11-13)20-16(21)8-9-17(20)22/h2-7,10-12H,8-9H2,1H3/t12-/m0/s1. The second kappa shape index (κ2) is 6.62. The van der Waals surface area contributed by atoms with Crippen LogP contribution >= 0.6 is 0 Å². The van der Waals surface area contributed by atoms with E-state index in [0.717, 1.165) is 4.90 Å². The number of carbonyl (C=O) groups excluding carboxylic acids is 3. The van der Waals surface area contributed by atoms with Crippen LogP contribution in [0.15, 0.2) is 48.7 Å². The summed E-state index contributed by atoms with van der Waals surface area (Å²) >= 11 is 0. The number of anilines is 1. The number of imide groups is 1. The van der Waals surface area contributed by atoms with E-state index < -0.39 is 12.1 Å². The lowest BCUT2D eigenvalue weighted by molar-refractivity contribution is -0.121. The molecule has 0 saturated carbocycles. The van der Waals surface area contributed by atoms with Crippen LogP contribution in [0.1, 0.15) is 41.9 Å². The lowest BCUT2D eigenvalue weighted by atomic mass is 10.2. The largest absolute Gasteiger partial charge is 0.453 e. The third-order valence-corrected chi connectivity index (χ3v) is 3.78. The Morgan fingerprint density at radius 2 is 1.88 bits per heavy atom. The zero-order chi connectivity index (χ0) is 17.1. The Bertz CT molecular complexity index is 773. The van der Waals surface area contributed by atoms with Crippen LogP contribution in [-0.2, 0) is 14.3 Å². The number of aromatic nitrogens is 1. The molecule has 6 heteroatoms. The minimum Gasteiger partial charge on any atom is -0.453 e. The van der Waals surface area contributed by atoms with E-state index in [0.29, 0.717) is 11.4 Å². The summed E-state index contributed by atoms with van der Waals surface area (Å²) in [5.74, 6) is -1.05. The molecule has 1 aliphatic rings. The Labute approximate surface area is 139 Å². The number of hydrogen-bond acceptors (Lipinski definition) is 5. The number of ether oxygens (including phenoxy) is 1. The fourth-order valence-corrected chi connectivity index (χ4v) is 2.54. The molecule has 2 aromatic rings. The van der Waals surface area contributed by atoms with Crippen molar-refractivity contribution in [1.29, 1.82) is 0 Å². The Morgan fingerprint density at radius 1 is 1.12 bits per heavy atom. The first kappa shape index (κ1) is 15.9. The third-order valence-electron chi connectivity index (χ3n) is 3.78. The van der Waals surface area contributed by atoms with Crippen molar-refractivity contribution in [2.24, 2.45) is 0 Å². The van der Waals surface area contributed by atoms with Crippen LogP contribution in [0.3, 0.4) is 0 Å². The summed E-state index contributed by atoms with van der Waals surface area (Å²) in [6, 6.07) is 11.7. The molecule has 2 heterocycles. The summed E-state index contributed by atoms with van der Waals surface area (Å²) in [4.78, 5) is 41.2. The van der Waals surface area contributed by atoms with E-state index in [4.69, 9.17) is 4.74 Å². The van der Waals surface area contributed by atoms with Crippen molar-refractivity contribution in [1.82, 2.24) is 4.98 Å². The zero-order valence-corrected chi connectivity index (χ0v) is 13.1. The molecule has 1 aromatic carbocycles.